The van der Waals surface area contributed by atoms with Crippen molar-refractivity contribution in [2.75, 3.05) is 33.7 Å². The van der Waals surface area contributed by atoms with Gasteiger partial charge in [-0.3, -0.25) is 14.6 Å². The van der Waals surface area contributed by atoms with Crippen molar-refractivity contribution in [3.63, 3.8) is 0 Å². The lowest BCUT2D eigenvalue weighted by molar-refractivity contribution is 0.0939. The van der Waals surface area contributed by atoms with Crippen molar-refractivity contribution in [3.05, 3.63) is 59.5 Å². The van der Waals surface area contributed by atoms with Crippen LogP contribution in [0.4, 0.5) is 0 Å². The summed E-state index contributed by atoms with van der Waals surface area (Å²) < 4.78 is 5.49. The average molecular weight is 370 g/mol. The highest BCUT2D eigenvalue weighted by atomic mass is 16.3. The lowest BCUT2D eigenvalue weighted by Crippen LogP contribution is -2.34. The van der Waals surface area contributed by atoms with Crippen LogP contribution in [-0.4, -0.2) is 49.4 Å². The maximum absolute atomic E-state index is 12.5. The zero-order chi connectivity index (χ0) is 19.1. The number of nitrogens with one attached hydrogen (secondary N) is 1. The smallest absolute Gasteiger partial charge is 0.251 e. The van der Waals surface area contributed by atoms with Crippen molar-refractivity contribution in [3.8, 4) is 0 Å². The molecule has 1 amide bonds. The summed E-state index contributed by atoms with van der Waals surface area (Å²) in [5.74, 6) is 0.808. The summed E-state index contributed by atoms with van der Waals surface area (Å²) in [4.78, 5) is 17.1. The van der Waals surface area contributed by atoms with Crippen LogP contribution in [-0.2, 0) is 6.54 Å². The molecule has 5 nitrogen and oxygen atoms in total. The second-order valence-corrected chi connectivity index (χ2v) is 7.59. The first-order valence-corrected chi connectivity index (χ1v) is 9.93. The largest absolute Gasteiger partial charge is 0.468 e. The molecule has 2 heterocycles. The number of likely N-dealkylation sites (N-methyl/N-ethyl adjacent to an activating group) is 1. The molecule has 1 atom stereocenters. The first-order chi connectivity index (χ1) is 13.1. The van der Waals surface area contributed by atoms with Gasteiger partial charge in [-0.2, -0.15) is 0 Å². The molecule has 1 aliphatic heterocycles. The van der Waals surface area contributed by atoms with E-state index in [0.29, 0.717) is 12.1 Å². The van der Waals surface area contributed by atoms with Gasteiger partial charge in [0.1, 0.15) is 5.76 Å². The molecule has 0 spiro atoms. The van der Waals surface area contributed by atoms with Gasteiger partial charge in [0.2, 0.25) is 0 Å². The molecule has 1 saturated heterocycles. The minimum atomic E-state index is -0.0465. The number of hydrogen-bond donors (Lipinski definition) is 1. The predicted molar refractivity (Wildman–Crippen MR) is 108 cm³/mol. The van der Waals surface area contributed by atoms with Crippen LogP contribution >= 0.6 is 0 Å². The van der Waals surface area contributed by atoms with Crippen LogP contribution in [0.1, 0.15) is 53.4 Å². The van der Waals surface area contributed by atoms with Gasteiger partial charge in [-0.25, -0.2) is 0 Å². The van der Waals surface area contributed by atoms with Gasteiger partial charge >= 0.3 is 0 Å². The zero-order valence-electron chi connectivity index (χ0n) is 16.5. The van der Waals surface area contributed by atoms with E-state index in [-0.39, 0.29) is 11.9 Å². The van der Waals surface area contributed by atoms with Gasteiger partial charge in [0, 0.05) is 18.7 Å². The molecule has 0 aliphatic carbocycles. The van der Waals surface area contributed by atoms with E-state index >= 15 is 0 Å². The van der Waals surface area contributed by atoms with Crippen molar-refractivity contribution >= 4 is 5.91 Å². The lowest BCUT2D eigenvalue weighted by Gasteiger charge is -2.22. The summed E-state index contributed by atoms with van der Waals surface area (Å²) in [5.41, 5.74) is 1.97. The molecule has 0 radical (unpaired) electrons. The number of amides is 1. The Balaban J connectivity index is 1.53. The normalized spacial score (nSPS) is 16.9. The van der Waals surface area contributed by atoms with E-state index in [1.54, 1.807) is 6.26 Å². The first kappa shape index (κ1) is 19.6. The SMILES string of the molecule is CN(C)[C@@H](CNC(=O)c1ccc(CN2CCCCCC2)cc1)c1ccco1. The van der Waals surface area contributed by atoms with Gasteiger partial charge in [-0.1, -0.05) is 25.0 Å². The summed E-state index contributed by atoms with van der Waals surface area (Å²) in [7, 11) is 3.97. The number of carbonyl (C=O) groups excluding carboxylic acids is 1. The molecule has 3 rings (SSSR count). The van der Waals surface area contributed by atoms with Gasteiger partial charge in [-0.05, 0) is 69.9 Å². The van der Waals surface area contributed by atoms with Crippen molar-refractivity contribution in [1.29, 1.82) is 0 Å². The first-order valence-electron chi connectivity index (χ1n) is 9.93. The van der Waals surface area contributed by atoms with E-state index in [4.69, 9.17) is 4.42 Å². The molecule has 5 heteroatoms. The summed E-state index contributed by atoms with van der Waals surface area (Å²) in [5, 5.41) is 3.03. The Labute approximate surface area is 162 Å². The standard InChI is InChI=1S/C22H31N3O2/c1-24(2)20(21-8-7-15-27-21)16-23-22(26)19-11-9-18(10-12-19)17-25-13-5-3-4-6-14-25/h7-12,15,20H,3-6,13-14,16-17H2,1-2H3,(H,23,26)/t20-/m0/s1. The molecule has 146 valence electrons. The quantitative estimate of drug-likeness (QED) is 0.809. The number of hydrogen-bond acceptors (Lipinski definition) is 4. The fraction of sp³-hybridized carbons (Fsp3) is 0.500. The molecular weight excluding hydrogens is 338 g/mol. The molecule has 27 heavy (non-hydrogen) atoms. The molecule has 1 aromatic carbocycles. The molecule has 2 aromatic rings. The predicted octanol–water partition coefficient (Wildman–Crippen LogP) is 3.69. The van der Waals surface area contributed by atoms with Gasteiger partial charge in [0.15, 0.2) is 0 Å². The maximum Gasteiger partial charge on any atom is 0.251 e. The maximum atomic E-state index is 12.5. The molecule has 0 unspecified atom stereocenters. The Morgan fingerprint density at radius 1 is 1.11 bits per heavy atom. The highest BCUT2D eigenvalue weighted by Crippen LogP contribution is 2.18. The van der Waals surface area contributed by atoms with E-state index in [1.165, 1.54) is 44.3 Å². The number of nitrogens with zero attached hydrogens (tertiary/aromatic N) is 2. The highest BCUT2D eigenvalue weighted by molar-refractivity contribution is 5.94. The second kappa shape index (κ2) is 9.72. The van der Waals surface area contributed by atoms with Gasteiger partial charge < -0.3 is 9.73 Å². The van der Waals surface area contributed by atoms with Crippen LogP contribution in [0, 0.1) is 0 Å². The van der Waals surface area contributed by atoms with Crippen molar-refractivity contribution < 1.29 is 9.21 Å². The van der Waals surface area contributed by atoms with Gasteiger partial charge in [-0.15, -0.1) is 0 Å². The van der Waals surface area contributed by atoms with Crippen LogP contribution < -0.4 is 5.32 Å². The molecule has 1 N–H and O–H groups in total. The monoisotopic (exact) mass is 369 g/mol. The summed E-state index contributed by atoms with van der Waals surface area (Å²) in [6.07, 6.45) is 6.95. The van der Waals surface area contributed by atoms with Gasteiger partial charge in [0.25, 0.3) is 5.91 Å². The van der Waals surface area contributed by atoms with Crippen molar-refractivity contribution in [2.45, 2.75) is 38.3 Å². The van der Waals surface area contributed by atoms with Crippen molar-refractivity contribution in [2.24, 2.45) is 0 Å². The van der Waals surface area contributed by atoms with E-state index in [2.05, 4.69) is 22.3 Å². The molecule has 1 aromatic heterocycles. The highest BCUT2D eigenvalue weighted by Gasteiger charge is 2.18. The molecular formula is C22H31N3O2. The van der Waals surface area contributed by atoms with Gasteiger partial charge in [0.05, 0.1) is 12.3 Å². The minimum absolute atomic E-state index is 0.0197. The topological polar surface area (TPSA) is 48.7 Å². The molecule has 1 aliphatic rings. The number of likely N-dealkylation sites (tertiary alicyclic amines) is 1. The van der Waals surface area contributed by atoms with E-state index in [9.17, 15) is 4.79 Å². The Morgan fingerprint density at radius 2 is 1.81 bits per heavy atom. The molecule has 1 fully saturated rings. The van der Waals surface area contributed by atoms with E-state index in [0.717, 1.165) is 12.3 Å². The third kappa shape index (κ3) is 5.68. The average Bonchev–Trinajstić information content (AvgIpc) is 3.06. The second-order valence-electron chi connectivity index (χ2n) is 7.59. The number of furan rings is 1. The lowest BCUT2D eigenvalue weighted by atomic mass is 10.1. The fourth-order valence-corrected chi connectivity index (χ4v) is 3.62. The van der Waals surface area contributed by atoms with Crippen LogP contribution in [0.2, 0.25) is 0 Å². The summed E-state index contributed by atoms with van der Waals surface area (Å²) >= 11 is 0. The number of rotatable bonds is 7. The Morgan fingerprint density at radius 3 is 2.41 bits per heavy atom. The number of benzene rings is 1. The Kier molecular flexibility index (Phi) is 7.07. The minimum Gasteiger partial charge on any atom is -0.468 e. The van der Waals surface area contributed by atoms with Crippen LogP contribution in [0.5, 0.6) is 0 Å². The third-order valence-corrected chi connectivity index (χ3v) is 5.27. The summed E-state index contributed by atoms with van der Waals surface area (Å²) in [6, 6.07) is 11.8. The fourth-order valence-electron chi connectivity index (χ4n) is 3.62. The summed E-state index contributed by atoms with van der Waals surface area (Å²) in [6.45, 7) is 3.85. The van der Waals surface area contributed by atoms with Crippen LogP contribution in [0.3, 0.4) is 0 Å². The van der Waals surface area contributed by atoms with Crippen LogP contribution in [0.25, 0.3) is 0 Å². The third-order valence-electron chi connectivity index (χ3n) is 5.27. The zero-order valence-corrected chi connectivity index (χ0v) is 16.5. The Bertz CT molecular complexity index is 687. The van der Waals surface area contributed by atoms with Crippen molar-refractivity contribution in [1.82, 2.24) is 15.1 Å². The Hall–Kier alpha value is -2.11. The molecule has 0 saturated carbocycles. The van der Waals surface area contributed by atoms with E-state index in [1.807, 2.05) is 43.3 Å². The van der Waals surface area contributed by atoms with E-state index < -0.39 is 0 Å². The number of carbonyl (C=O) groups is 1. The van der Waals surface area contributed by atoms with Crippen LogP contribution in [0.15, 0.2) is 47.1 Å². The molecule has 0 bridgehead atoms.